The van der Waals surface area contributed by atoms with Gasteiger partial charge >= 0.3 is 0 Å². The van der Waals surface area contributed by atoms with Crippen LogP contribution in [0.5, 0.6) is 0 Å². The van der Waals surface area contributed by atoms with Crippen LogP contribution in [-0.2, 0) is 0 Å². The van der Waals surface area contributed by atoms with Gasteiger partial charge in [0.25, 0.3) is 0 Å². The first-order chi connectivity index (χ1) is 5.65. The van der Waals surface area contributed by atoms with Crippen molar-refractivity contribution in [2.45, 2.75) is 19.8 Å². The van der Waals surface area contributed by atoms with E-state index < -0.39 is 0 Å². The molecule has 0 bridgehead atoms. The second kappa shape index (κ2) is 3.53. The molecular weight excluding hydrogens is 151 g/mol. The van der Waals surface area contributed by atoms with E-state index in [1.807, 2.05) is 19.9 Å². The molecule has 1 rings (SSSR count). The molecule has 64 valence electrons. The summed E-state index contributed by atoms with van der Waals surface area (Å²) in [6.07, 6.45) is 1.75. The standard InChI is InChI=1S/C11H13F/c1-4-9(3)10-7-8(2)5-6-11(10)12/h4-7,9H,1H2,2-3H3. The van der Waals surface area contributed by atoms with E-state index in [-0.39, 0.29) is 11.7 Å². The highest BCUT2D eigenvalue weighted by molar-refractivity contribution is 5.28. The van der Waals surface area contributed by atoms with Gasteiger partial charge in [0, 0.05) is 5.92 Å². The van der Waals surface area contributed by atoms with Crippen LogP contribution in [0.25, 0.3) is 0 Å². The SMILES string of the molecule is C=CC(C)c1cc(C)ccc1F. The molecule has 0 nitrogen and oxygen atoms in total. The maximum Gasteiger partial charge on any atom is 0.127 e. The van der Waals surface area contributed by atoms with Crippen LogP contribution >= 0.6 is 0 Å². The molecule has 0 aliphatic carbocycles. The van der Waals surface area contributed by atoms with Crippen LogP contribution in [-0.4, -0.2) is 0 Å². The molecule has 0 fully saturated rings. The van der Waals surface area contributed by atoms with Crippen LogP contribution in [0.4, 0.5) is 4.39 Å². The Bertz CT molecular complexity index is 289. The van der Waals surface area contributed by atoms with Crippen molar-refractivity contribution in [2.75, 3.05) is 0 Å². The van der Waals surface area contributed by atoms with E-state index >= 15 is 0 Å². The van der Waals surface area contributed by atoms with Gasteiger partial charge in [0.05, 0.1) is 0 Å². The van der Waals surface area contributed by atoms with Gasteiger partial charge in [0.2, 0.25) is 0 Å². The highest BCUT2D eigenvalue weighted by Gasteiger charge is 2.06. The average molecular weight is 164 g/mol. The third-order valence-electron chi connectivity index (χ3n) is 2.00. The summed E-state index contributed by atoms with van der Waals surface area (Å²) in [5, 5.41) is 0. The lowest BCUT2D eigenvalue weighted by Crippen LogP contribution is -1.94. The molecular formula is C11H13F. The van der Waals surface area contributed by atoms with Crippen molar-refractivity contribution >= 4 is 0 Å². The summed E-state index contributed by atoms with van der Waals surface area (Å²) in [4.78, 5) is 0. The van der Waals surface area contributed by atoms with Crippen molar-refractivity contribution in [3.63, 3.8) is 0 Å². The van der Waals surface area contributed by atoms with E-state index in [0.29, 0.717) is 0 Å². The lowest BCUT2D eigenvalue weighted by Gasteiger charge is -2.08. The van der Waals surface area contributed by atoms with E-state index in [4.69, 9.17) is 0 Å². The fourth-order valence-corrected chi connectivity index (χ4v) is 1.14. The predicted octanol–water partition coefficient (Wildman–Crippen LogP) is 3.42. The molecule has 1 aromatic carbocycles. The lowest BCUT2D eigenvalue weighted by molar-refractivity contribution is 0.604. The summed E-state index contributed by atoms with van der Waals surface area (Å²) in [5.41, 5.74) is 1.81. The molecule has 0 saturated heterocycles. The summed E-state index contributed by atoms with van der Waals surface area (Å²) in [6.45, 7) is 7.53. The average Bonchev–Trinajstić information content (AvgIpc) is 2.08. The van der Waals surface area contributed by atoms with Crippen molar-refractivity contribution in [2.24, 2.45) is 0 Å². The Morgan fingerprint density at radius 3 is 2.75 bits per heavy atom. The van der Waals surface area contributed by atoms with Crippen molar-refractivity contribution in [1.29, 1.82) is 0 Å². The second-order valence-electron chi connectivity index (χ2n) is 3.05. The van der Waals surface area contributed by atoms with Gasteiger partial charge in [-0.15, -0.1) is 6.58 Å². The number of aryl methyl sites for hydroxylation is 1. The minimum atomic E-state index is -0.145. The Morgan fingerprint density at radius 1 is 1.50 bits per heavy atom. The monoisotopic (exact) mass is 164 g/mol. The molecule has 12 heavy (non-hydrogen) atoms. The van der Waals surface area contributed by atoms with Crippen molar-refractivity contribution in [3.05, 3.63) is 47.8 Å². The minimum Gasteiger partial charge on any atom is -0.207 e. The molecule has 0 radical (unpaired) electrons. The molecule has 0 amide bonds. The van der Waals surface area contributed by atoms with E-state index in [2.05, 4.69) is 6.58 Å². The van der Waals surface area contributed by atoms with Gasteiger partial charge in [-0.25, -0.2) is 4.39 Å². The first-order valence-electron chi connectivity index (χ1n) is 4.03. The second-order valence-corrected chi connectivity index (χ2v) is 3.05. The fraction of sp³-hybridized carbons (Fsp3) is 0.273. The van der Waals surface area contributed by atoms with Gasteiger partial charge < -0.3 is 0 Å². The zero-order valence-corrected chi connectivity index (χ0v) is 7.47. The maximum atomic E-state index is 13.2. The molecule has 0 N–H and O–H groups in total. The van der Waals surface area contributed by atoms with Gasteiger partial charge in [0.15, 0.2) is 0 Å². The number of hydrogen-bond acceptors (Lipinski definition) is 0. The van der Waals surface area contributed by atoms with Gasteiger partial charge in [-0.1, -0.05) is 30.7 Å². The largest absolute Gasteiger partial charge is 0.207 e. The minimum absolute atomic E-state index is 0.0879. The molecule has 1 heteroatoms. The molecule has 0 spiro atoms. The number of hydrogen-bond donors (Lipinski definition) is 0. The fourth-order valence-electron chi connectivity index (χ4n) is 1.14. The number of allylic oxidation sites excluding steroid dienone is 1. The van der Waals surface area contributed by atoms with Crippen LogP contribution in [0.15, 0.2) is 30.9 Å². The topological polar surface area (TPSA) is 0 Å². The first-order valence-corrected chi connectivity index (χ1v) is 4.03. The van der Waals surface area contributed by atoms with Crippen LogP contribution in [0.2, 0.25) is 0 Å². The molecule has 1 atom stereocenters. The summed E-state index contributed by atoms with van der Waals surface area (Å²) in [7, 11) is 0. The third-order valence-corrected chi connectivity index (χ3v) is 2.00. The van der Waals surface area contributed by atoms with Crippen molar-refractivity contribution < 1.29 is 4.39 Å². The van der Waals surface area contributed by atoms with Gasteiger partial charge in [-0.2, -0.15) is 0 Å². The zero-order valence-electron chi connectivity index (χ0n) is 7.47. The van der Waals surface area contributed by atoms with Crippen molar-refractivity contribution in [1.82, 2.24) is 0 Å². The quantitative estimate of drug-likeness (QED) is 0.587. The lowest BCUT2D eigenvalue weighted by atomic mass is 9.99. The number of benzene rings is 1. The van der Waals surface area contributed by atoms with Crippen LogP contribution in [0.3, 0.4) is 0 Å². The molecule has 1 aromatic rings. The Balaban J connectivity index is 3.12. The molecule has 0 aliphatic rings. The van der Waals surface area contributed by atoms with E-state index in [1.54, 1.807) is 12.1 Å². The van der Waals surface area contributed by atoms with Crippen LogP contribution in [0.1, 0.15) is 24.0 Å². The third kappa shape index (κ3) is 1.73. The summed E-state index contributed by atoms with van der Waals surface area (Å²) < 4.78 is 13.2. The highest BCUT2D eigenvalue weighted by atomic mass is 19.1. The Kier molecular flexibility index (Phi) is 2.64. The number of halogens is 1. The normalized spacial score (nSPS) is 12.6. The summed E-state index contributed by atoms with van der Waals surface area (Å²) in [5.74, 6) is -0.0575. The molecule has 1 unspecified atom stereocenters. The molecule has 0 saturated carbocycles. The zero-order chi connectivity index (χ0) is 9.14. The Labute approximate surface area is 72.7 Å². The van der Waals surface area contributed by atoms with Crippen molar-refractivity contribution in [3.8, 4) is 0 Å². The smallest absolute Gasteiger partial charge is 0.127 e. The Morgan fingerprint density at radius 2 is 2.17 bits per heavy atom. The Hall–Kier alpha value is -1.11. The molecule has 0 aliphatic heterocycles. The first kappa shape index (κ1) is 8.98. The van der Waals surface area contributed by atoms with E-state index in [0.717, 1.165) is 11.1 Å². The summed E-state index contributed by atoms with van der Waals surface area (Å²) >= 11 is 0. The number of rotatable bonds is 2. The van der Waals surface area contributed by atoms with Gasteiger partial charge in [-0.05, 0) is 18.6 Å². The van der Waals surface area contributed by atoms with E-state index in [1.165, 1.54) is 6.07 Å². The van der Waals surface area contributed by atoms with Crippen LogP contribution < -0.4 is 0 Å². The predicted molar refractivity (Wildman–Crippen MR) is 49.7 cm³/mol. The maximum absolute atomic E-state index is 13.2. The molecule has 0 aromatic heterocycles. The van der Waals surface area contributed by atoms with E-state index in [9.17, 15) is 4.39 Å². The van der Waals surface area contributed by atoms with Gasteiger partial charge in [0.1, 0.15) is 5.82 Å². The van der Waals surface area contributed by atoms with Crippen LogP contribution in [0, 0.1) is 12.7 Å². The summed E-state index contributed by atoms with van der Waals surface area (Å²) in [6, 6.07) is 5.14. The molecule has 0 heterocycles. The highest BCUT2D eigenvalue weighted by Crippen LogP contribution is 2.20. The van der Waals surface area contributed by atoms with Gasteiger partial charge in [-0.3, -0.25) is 0 Å².